The van der Waals surface area contributed by atoms with Crippen molar-refractivity contribution in [1.82, 2.24) is 25.4 Å². The number of carbonyl (C=O) groups is 1. The van der Waals surface area contributed by atoms with E-state index in [1.807, 2.05) is 52.0 Å². The number of hydrogen-bond acceptors (Lipinski definition) is 7. The molecule has 0 bridgehead atoms. The molecule has 2 atom stereocenters. The van der Waals surface area contributed by atoms with Crippen LogP contribution in [0.3, 0.4) is 0 Å². The maximum atomic E-state index is 13.1. The van der Waals surface area contributed by atoms with Gasteiger partial charge in [-0.15, -0.1) is 0 Å². The topological polar surface area (TPSA) is 97.0 Å². The first-order valence-electron chi connectivity index (χ1n) is 9.95. The molecule has 1 fully saturated rings. The van der Waals surface area contributed by atoms with Crippen molar-refractivity contribution in [2.45, 2.75) is 58.0 Å². The van der Waals surface area contributed by atoms with Gasteiger partial charge in [0.2, 0.25) is 11.8 Å². The molecule has 1 amide bonds. The maximum absolute atomic E-state index is 13.1. The first-order valence-corrected chi connectivity index (χ1v) is 9.95. The second kappa shape index (κ2) is 7.42. The molecule has 4 rings (SSSR count). The molecule has 0 aliphatic carbocycles. The largest absolute Gasteiger partial charge is 0.344 e. The molecule has 0 spiro atoms. The first kappa shape index (κ1) is 19.3. The van der Waals surface area contributed by atoms with E-state index in [1.165, 1.54) is 0 Å². The van der Waals surface area contributed by atoms with Crippen molar-refractivity contribution in [1.29, 1.82) is 0 Å². The van der Waals surface area contributed by atoms with Crippen LogP contribution in [0.1, 0.15) is 58.3 Å². The summed E-state index contributed by atoms with van der Waals surface area (Å²) in [6, 6.07) is 7.20. The van der Waals surface area contributed by atoms with E-state index in [2.05, 4.69) is 30.3 Å². The summed E-state index contributed by atoms with van der Waals surface area (Å²) in [7, 11) is 0. The normalized spacial score (nSPS) is 18.2. The molecule has 1 aliphatic rings. The van der Waals surface area contributed by atoms with Crippen LogP contribution in [0.4, 0.5) is 5.82 Å². The van der Waals surface area contributed by atoms with Gasteiger partial charge in [-0.05, 0) is 31.9 Å². The number of amides is 1. The highest BCUT2D eigenvalue weighted by Crippen LogP contribution is 2.30. The number of benzene rings is 1. The third kappa shape index (κ3) is 3.79. The molecule has 1 N–H and O–H groups in total. The number of rotatable bonds is 4. The van der Waals surface area contributed by atoms with E-state index < -0.39 is 0 Å². The summed E-state index contributed by atoms with van der Waals surface area (Å²) < 4.78 is 5.38. The van der Waals surface area contributed by atoms with E-state index in [9.17, 15) is 4.79 Å². The van der Waals surface area contributed by atoms with Crippen LogP contribution >= 0.6 is 0 Å². The quantitative estimate of drug-likeness (QED) is 0.726. The number of aromatic nitrogens is 4. The number of fused-ring (bicyclic) bond motifs is 1. The molecule has 3 heterocycles. The number of hydrogen-bond donors (Lipinski definition) is 1. The molecule has 0 unspecified atom stereocenters. The Morgan fingerprint density at radius 3 is 2.83 bits per heavy atom. The molecule has 8 nitrogen and oxygen atoms in total. The Morgan fingerprint density at radius 1 is 1.28 bits per heavy atom. The van der Waals surface area contributed by atoms with Crippen LogP contribution < -0.4 is 10.2 Å². The van der Waals surface area contributed by atoms with Crippen LogP contribution in [0.5, 0.6) is 0 Å². The van der Waals surface area contributed by atoms with Crippen LogP contribution in [0.25, 0.3) is 10.9 Å². The van der Waals surface area contributed by atoms with Gasteiger partial charge in [0.05, 0.1) is 5.52 Å². The fourth-order valence-corrected chi connectivity index (χ4v) is 3.60. The third-order valence-electron chi connectivity index (χ3n) is 5.19. The molecular formula is C21H26N6O2. The van der Waals surface area contributed by atoms with Gasteiger partial charge < -0.3 is 14.7 Å². The molecule has 8 heteroatoms. The van der Waals surface area contributed by atoms with Gasteiger partial charge in [0.1, 0.15) is 24.2 Å². The summed E-state index contributed by atoms with van der Waals surface area (Å²) >= 11 is 0. The van der Waals surface area contributed by atoms with Crippen molar-refractivity contribution < 1.29 is 9.32 Å². The third-order valence-corrected chi connectivity index (χ3v) is 5.19. The van der Waals surface area contributed by atoms with Crippen molar-refractivity contribution >= 4 is 22.6 Å². The zero-order valence-electron chi connectivity index (χ0n) is 17.2. The van der Waals surface area contributed by atoms with Gasteiger partial charge in [-0.25, -0.2) is 9.97 Å². The predicted molar refractivity (Wildman–Crippen MR) is 109 cm³/mol. The van der Waals surface area contributed by atoms with Crippen LogP contribution in [-0.2, 0) is 10.2 Å². The number of anilines is 1. The standard InChI is InChI=1S/C21H26N6O2/c1-13(19-25-20(26-29-19)21(2,3)4)24-18(28)16-10-7-11-27(16)17-14-8-5-6-9-15(14)22-12-23-17/h5-6,8-9,12-13,16H,7,10-11H2,1-4H3,(H,24,28)/t13-,16+/m0/s1. The summed E-state index contributed by atoms with van der Waals surface area (Å²) in [6.07, 6.45) is 3.26. The monoisotopic (exact) mass is 394 g/mol. The highest BCUT2D eigenvalue weighted by atomic mass is 16.5. The Balaban J connectivity index is 1.53. The SMILES string of the molecule is C[C@H](NC(=O)[C@H]1CCCN1c1ncnc2ccccc12)c1nc(C(C)(C)C)no1. The average Bonchev–Trinajstić information content (AvgIpc) is 3.37. The van der Waals surface area contributed by atoms with Crippen molar-refractivity contribution in [3.8, 4) is 0 Å². The lowest BCUT2D eigenvalue weighted by Gasteiger charge is -2.26. The lowest BCUT2D eigenvalue weighted by atomic mass is 9.96. The van der Waals surface area contributed by atoms with E-state index in [1.54, 1.807) is 6.33 Å². The summed E-state index contributed by atoms with van der Waals surface area (Å²) in [5.41, 5.74) is 0.666. The number of carbonyl (C=O) groups excluding carboxylic acids is 1. The van der Waals surface area contributed by atoms with Gasteiger partial charge >= 0.3 is 0 Å². The molecule has 0 saturated carbocycles. The smallest absolute Gasteiger partial charge is 0.248 e. The lowest BCUT2D eigenvalue weighted by Crippen LogP contribution is -2.44. The Labute approximate surface area is 169 Å². The zero-order valence-corrected chi connectivity index (χ0v) is 17.2. The van der Waals surface area contributed by atoms with Crippen molar-refractivity contribution in [2.24, 2.45) is 0 Å². The zero-order chi connectivity index (χ0) is 20.6. The van der Waals surface area contributed by atoms with Crippen LogP contribution in [0, 0.1) is 0 Å². The highest BCUT2D eigenvalue weighted by Gasteiger charge is 2.34. The lowest BCUT2D eigenvalue weighted by molar-refractivity contribution is -0.123. The van der Waals surface area contributed by atoms with Crippen LogP contribution in [0.15, 0.2) is 35.1 Å². The Bertz CT molecular complexity index is 1020. The highest BCUT2D eigenvalue weighted by molar-refractivity contribution is 5.93. The van der Waals surface area contributed by atoms with Crippen molar-refractivity contribution in [3.63, 3.8) is 0 Å². The van der Waals surface area contributed by atoms with E-state index in [-0.39, 0.29) is 23.4 Å². The van der Waals surface area contributed by atoms with Gasteiger partial charge in [0, 0.05) is 17.3 Å². The number of para-hydroxylation sites is 1. The maximum Gasteiger partial charge on any atom is 0.248 e. The minimum Gasteiger partial charge on any atom is -0.344 e. The van der Waals surface area contributed by atoms with E-state index in [4.69, 9.17) is 4.52 Å². The molecule has 1 aliphatic heterocycles. The fraction of sp³-hybridized carbons (Fsp3) is 0.476. The molecule has 29 heavy (non-hydrogen) atoms. The Kier molecular flexibility index (Phi) is 4.94. The summed E-state index contributed by atoms with van der Waals surface area (Å²) in [6.45, 7) is 8.70. The average molecular weight is 394 g/mol. The summed E-state index contributed by atoms with van der Waals surface area (Å²) in [4.78, 5) is 28.4. The molecule has 0 radical (unpaired) electrons. The molecule has 152 valence electrons. The number of nitrogens with one attached hydrogen (secondary N) is 1. The summed E-state index contributed by atoms with van der Waals surface area (Å²) in [5, 5.41) is 8.03. The minimum absolute atomic E-state index is 0.0618. The second-order valence-electron chi connectivity index (χ2n) is 8.50. The number of nitrogens with zero attached hydrogens (tertiary/aromatic N) is 5. The summed E-state index contributed by atoms with van der Waals surface area (Å²) in [5.74, 6) is 1.78. The molecule has 2 aromatic heterocycles. The van der Waals surface area contributed by atoms with Gasteiger partial charge in [0.15, 0.2) is 5.82 Å². The van der Waals surface area contributed by atoms with Crippen molar-refractivity contribution in [3.05, 3.63) is 42.3 Å². The Morgan fingerprint density at radius 2 is 2.07 bits per heavy atom. The fourth-order valence-electron chi connectivity index (χ4n) is 3.60. The van der Waals surface area contributed by atoms with Crippen LogP contribution in [0.2, 0.25) is 0 Å². The molecule has 1 saturated heterocycles. The van der Waals surface area contributed by atoms with Crippen molar-refractivity contribution in [2.75, 3.05) is 11.4 Å². The Hall–Kier alpha value is -3.03. The van der Waals surface area contributed by atoms with Gasteiger partial charge in [0.25, 0.3) is 0 Å². The molecule has 3 aromatic rings. The van der Waals surface area contributed by atoms with E-state index in [0.717, 1.165) is 36.1 Å². The second-order valence-corrected chi connectivity index (χ2v) is 8.50. The van der Waals surface area contributed by atoms with Gasteiger partial charge in [-0.2, -0.15) is 4.98 Å². The predicted octanol–water partition coefficient (Wildman–Crippen LogP) is 3.16. The first-order chi connectivity index (χ1) is 13.8. The van der Waals surface area contributed by atoms with Gasteiger partial charge in [-0.3, -0.25) is 4.79 Å². The van der Waals surface area contributed by atoms with Gasteiger partial charge in [-0.1, -0.05) is 38.1 Å². The molecular weight excluding hydrogens is 368 g/mol. The van der Waals surface area contributed by atoms with E-state index in [0.29, 0.717) is 11.7 Å². The minimum atomic E-state index is -0.365. The van der Waals surface area contributed by atoms with Crippen LogP contribution in [-0.4, -0.2) is 38.6 Å². The molecule has 1 aromatic carbocycles. The van der Waals surface area contributed by atoms with E-state index >= 15 is 0 Å².